The van der Waals surface area contributed by atoms with Gasteiger partial charge in [-0.3, -0.25) is 0 Å². The summed E-state index contributed by atoms with van der Waals surface area (Å²) in [5, 5.41) is 36.3. The van der Waals surface area contributed by atoms with Gasteiger partial charge in [-0.25, -0.2) is 0 Å². The van der Waals surface area contributed by atoms with Crippen LogP contribution in [0.3, 0.4) is 0 Å². The Morgan fingerprint density at radius 1 is 0.438 bits per heavy atom. The van der Waals surface area contributed by atoms with E-state index in [4.69, 9.17) is 21.0 Å². The van der Waals surface area contributed by atoms with Gasteiger partial charge in [0.2, 0.25) is 0 Å². The third kappa shape index (κ3) is 10.1. The smallest absolute Gasteiger partial charge is 0.186 e. The van der Waals surface area contributed by atoms with Crippen molar-refractivity contribution in [3.05, 3.63) is 0 Å². The van der Waals surface area contributed by atoms with Crippen molar-refractivity contribution >= 4 is 33.6 Å². The normalized spacial score (nSPS) is 32.5. The summed E-state index contributed by atoms with van der Waals surface area (Å²) >= 11 is 0. The van der Waals surface area contributed by atoms with E-state index in [0.717, 1.165) is 49.9 Å². The first-order chi connectivity index (χ1) is 15.1. The molecular weight excluding hydrogens is 465 g/mol. The van der Waals surface area contributed by atoms with Gasteiger partial charge in [-0.15, -0.1) is 0 Å². The van der Waals surface area contributed by atoms with E-state index in [0.29, 0.717) is 25.7 Å². The Morgan fingerprint density at radius 3 is 0.781 bits per heavy atom. The minimum Gasteiger partial charge on any atom is -0.336 e. The number of nitriles is 4. The lowest BCUT2D eigenvalue weighted by Crippen LogP contribution is -2.89. The predicted octanol–water partition coefficient (Wildman–Crippen LogP) is 3.86. The van der Waals surface area contributed by atoms with Crippen LogP contribution in [0.15, 0.2) is 0 Å². The van der Waals surface area contributed by atoms with Crippen LogP contribution >= 0.6 is 0 Å². The minimum atomic E-state index is -2.10. The van der Waals surface area contributed by atoms with Crippen molar-refractivity contribution in [1.29, 1.82) is 21.0 Å². The third-order valence-corrected chi connectivity index (χ3v) is 29.1. The van der Waals surface area contributed by atoms with E-state index in [1.807, 2.05) is 0 Å². The Kier molecular flexibility index (Phi) is 12.0. The predicted molar refractivity (Wildman–Crippen MR) is 138 cm³/mol. The van der Waals surface area contributed by atoms with Gasteiger partial charge in [0.15, 0.2) is 33.6 Å². The van der Waals surface area contributed by atoms with Crippen LogP contribution in [0.5, 0.6) is 0 Å². The molecule has 1 rings (SSSR count). The zero-order valence-electron chi connectivity index (χ0n) is 20.3. The van der Waals surface area contributed by atoms with Gasteiger partial charge in [0.1, 0.15) is 0 Å². The van der Waals surface area contributed by atoms with Gasteiger partial charge in [-0.2, -0.15) is 21.0 Å². The molecule has 0 aromatic heterocycles. The Balaban J connectivity index is 3.28. The molecule has 1 heterocycles. The maximum absolute atomic E-state index is 9.08. The molecule has 0 radical (unpaired) electrons. The van der Waals surface area contributed by atoms with Crippen molar-refractivity contribution in [1.82, 2.24) is 18.6 Å². The highest BCUT2D eigenvalue weighted by Gasteiger charge is 2.50. The average molecular weight is 505 g/mol. The summed E-state index contributed by atoms with van der Waals surface area (Å²) in [6.07, 6.45) is 5.76. The van der Waals surface area contributed by atoms with Crippen molar-refractivity contribution in [3.63, 3.8) is 0 Å². The van der Waals surface area contributed by atoms with E-state index in [1.165, 1.54) is 0 Å². The molecule has 12 heteroatoms. The SMILES string of the molecule is C[Si]1(CCCC#N)N[Si](C)(CCCC#N)N[Si](C)(CCCC#N)N[Si](C)(CCCC#N)N1. The number of hydrogen-bond acceptors (Lipinski definition) is 8. The number of rotatable bonds is 12. The third-order valence-electron chi connectivity index (χ3n) is 6.07. The van der Waals surface area contributed by atoms with Crippen LogP contribution in [-0.4, -0.2) is 33.6 Å². The highest BCUT2D eigenvalue weighted by atomic mass is 28.5. The number of hydrogen-bond donors (Lipinski definition) is 4. The van der Waals surface area contributed by atoms with Crippen LogP contribution < -0.4 is 18.6 Å². The molecule has 0 unspecified atom stereocenters. The molecule has 1 saturated heterocycles. The van der Waals surface area contributed by atoms with Crippen LogP contribution in [0.25, 0.3) is 0 Å². The van der Waals surface area contributed by atoms with Gasteiger partial charge in [-0.1, -0.05) is 0 Å². The van der Waals surface area contributed by atoms with E-state index < -0.39 is 33.6 Å². The molecule has 0 aromatic carbocycles. The monoisotopic (exact) mass is 504 g/mol. The lowest BCUT2D eigenvalue weighted by Gasteiger charge is -2.53. The molecule has 0 aromatic rings. The molecule has 0 aliphatic carbocycles. The van der Waals surface area contributed by atoms with E-state index in [9.17, 15) is 0 Å². The fourth-order valence-corrected chi connectivity index (χ4v) is 35.4. The van der Waals surface area contributed by atoms with Crippen molar-refractivity contribution in [3.8, 4) is 24.3 Å². The quantitative estimate of drug-likeness (QED) is 0.232. The molecule has 1 fully saturated rings. The summed E-state index contributed by atoms with van der Waals surface area (Å²) in [5.74, 6) is 0. The second-order valence-corrected chi connectivity index (χ2v) is 26.5. The molecule has 32 heavy (non-hydrogen) atoms. The minimum absolute atomic E-state index is 0.562. The van der Waals surface area contributed by atoms with E-state index >= 15 is 0 Å². The molecule has 4 N–H and O–H groups in total. The summed E-state index contributed by atoms with van der Waals surface area (Å²) in [4.78, 5) is 0. The van der Waals surface area contributed by atoms with Crippen LogP contribution in [0.2, 0.25) is 50.4 Å². The average Bonchev–Trinajstić information content (AvgIpc) is 2.67. The van der Waals surface area contributed by atoms with Crippen molar-refractivity contribution in [2.45, 2.75) is 102 Å². The fraction of sp³-hybridized carbons (Fsp3) is 0.800. The van der Waals surface area contributed by atoms with Gasteiger partial charge < -0.3 is 18.6 Å². The first-order valence-corrected chi connectivity index (χ1v) is 22.6. The van der Waals surface area contributed by atoms with Crippen LogP contribution in [0, 0.1) is 45.3 Å². The van der Waals surface area contributed by atoms with E-state index in [1.54, 1.807) is 0 Å². The number of nitrogens with zero attached hydrogens (tertiary/aromatic N) is 4. The van der Waals surface area contributed by atoms with Gasteiger partial charge in [0.25, 0.3) is 0 Å². The van der Waals surface area contributed by atoms with Gasteiger partial charge in [0.05, 0.1) is 24.3 Å². The summed E-state index contributed by atoms with van der Waals surface area (Å²) in [7, 11) is -8.39. The molecule has 1 aliphatic heterocycles. The zero-order valence-corrected chi connectivity index (χ0v) is 24.3. The van der Waals surface area contributed by atoms with Gasteiger partial charge in [-0.05, 0) is 76.0 Å². The second-order valence-electron chi connectivity index (χ2n) is 9.88. The fourth-order valence-electron chi connectivity index (χ4n) is 5.14. The maximum Gasteiger partial charge on any atom is 0.186 e. The van der Waals surface area contributed by atoms with Crippen molar-refractivity contribution in [2.75, 3.05) is 0 Å². The molecule has 0 spiro atoms. The topological polar surface area (TPSA) is 143 Å². The molecule has 176 valence electrons. The number of nitrogens with one attached hydrogen (secondary N) is 4. The molecule has 0 bridgehead atoms. The molecule has 0 atom stereocenters. The summed E-state index contributed by atoms with van der Waals surface area (Å²) in [6.45, 7) is 9.38. The highest BCUT2D eigenvalue weighted by Crippen LogP contribution is 2.25. The van der Waals surface area contributed by atoms with E-state index in [-0.39, 0.29) is 0 Å². The summed E-state index contributed by atoms with van der Waals surface area (Å²) in [5.41, 5.74) is 0. The van der Waals surface area contributed by atoms with Crippen LogP contribution in [0.1, 0.15) is 51.4 Å². The Labute approximate surface area is 199 Å². The number of unbranched alkanes of at least 4 members (excludes halogenated alkanes) is 4. The first-order valence-electron chi connectivity index (χ1n) is 11.7. The Morgan fingerprint density at radius 2 is 0.625 bits per heavy atom. The lowest BCUT2D eigenvalue weighted by molar-refractivity contribution is 0.842. The summed E-state index contributed by atoms with van der Waals surface area (Å²) in [6, 6.07) is 13.1. The zero-order chi connectivity index (χ0) is 24.1. The second kappa shape index (κ2) is 13.4. The van der Waals surface area contributed by atoms with E-state index in [2.05, 4.69) is 69.1 Å². The summed E-state index contributed by atoms with van der Waals surface area (Å²) < 4.78 is 16.6. The van der Waals surface area contributed by atoms with Crippen LogP contribution in [0.4, 0.5) is 0 Å². The molecule has 0 amide bonds. The van der Waals surface area contributed by atoms with Gasteiger partial charge in [0, 0.05) is 25.7 Å². The van der Waals surface area contributed by atoms with Gasteiger partial charge >= 0.3 is 0 Å². The lowest BCUT2D eigenvalue weighted by atomic mass is 10.4. The van der Waals surface area contributed by atoms with Crippen molar-refractivity contribution < 1.29 is 0 Å². The van der Waals surface area contributed by atoms with Crippen molar-refractivity contribution in [2.24, 2.45) is 0 Å². The first kappa shape index (κ1) is 28.7. The molecule has 0 saturated carbocycles. The van der Waals surface area contributed by atoms with Crippen LogP contribution in [-0.2, 0) is 0 Å². The Bertz CT molecular complexity index is 628. The molecular formula is C20H40N8Si4. The molecule has 1 aliphatic rings. The maximum atomic E-state index is 9.08. The highest BCUT2D eigenvalue weighted by molar-refractivity contribution is 7.06. The Hall–Kier alpha value is -1.33. The largest absolute Gasteiger partial charge is 0.336 e. The molecule has 8 nitrogen and oxygen atoms in total. The standard InChI is InChI=1S/C20H40N8Si4/c1-29(17-9-5-13-21)25-30(2,18-10-6-14-22)27-32(4,20-12-8-16-24)28-31(3,26-29)19-11-7-15-23/h25-28H,5-12,17-20H2,1-4H3.